The predicted molar refractivity (Wildman–Crippen MR) is 65.8 cm³/mol. The summed E-state index contributed by atoms with van der Waals surface area (Å²) in [6.45, 7) is 3.98. The molecule has 1 N–H and O–H groups in total. The molecule has 2 rings (SSSR count). The number of carbonyl (C=O) groups excluding carboxylic acids is 1. The van der Waals surface area contributed by atoms with Gasteiger partial charge in [-0.3, -0.25) is 9.69 Å². The minimum absolute atomic E-state index is 0.112. The molecule has 5 nitrogen and oxygen atoms in total. The van der Waals surface area contributed by atoms with Gasteiger partial charge in [-0.2, -0.15) is 0 Å². The summed E-state index contributed by atoms with van der Waals surface area (Å²) in [5.74, 6) is -0.937. The smallest absolute Gasteiger partial charge is 0.414 e. The van der Waals surface area contributed by atoms with Crippen LogP contribution in [-0.2, 0) is 9.53 Å². The van der Waals surface area contributed by atoms with Gasteiger partial charge in [-0.1, -0.05) is 17.7 Å². The van der Waals surface area contributed by atoms with E-state index in [1.165, 1.54) is 4.90 Å². The highest BCUT2D eigenvalue weighted by atomic mass is 16.6. The normalized spacial score (nSPS) is 18.9. The zero-order valence-corrected chi connectivity index (χ0v) is 10.3. The molecule has 1 aromatic rings. The zero-order valence-electron chi connectivity index (χ0n) is 10.3. The molecule has 0 saturated carbocycles. The van der Waals surface area contributed by atoms with Crippen LogP contribution < -0.4 is 4.90 Å². The SMILES string of the molecule is Cc1ccc(N2C(=O)OCC2CC(=O)O)c(C)c1. The molecule has 1 amide bonds. The van der Waals surface area contributed by atoms with Gasteiger partial charge in [-0.15, -0.1) is 0 Å². The van der Waals surface area contributed by atoms with Crippen LogP contribution in [0, 0.1) is 13.8 Å². The topological polar surface area (TPSA) is 66.8 Å². The number of aryl methyl sites for hydroxylation is 2. The van der Waals surface area contributed by atoms with Gasteiger partial charge in [0.1, 0.15) is 6.61 Å². The summed E-state index contributed by atoms with van der Waals surface area (Å²) in [6, 6.07) is 5.24. The molecular formula is C13H15NO4. The van der Waals surface area contributed by atoms with Crippen molar-refractivity contribution in [2.24, 2.45) is 0 Å². The van der Waals surface area contributed by atoms with Gasteiger partial charge in [0.05, 0.1) is 18.2 Å². The Labute approximate surface area is 105 Å². The van der Waals surface area contributed by atoms with Gasteiger partial charge < -0.3 is 9.84 Å². The summed E-state index contributed by atoms with van der Waals surface area (Å²) in [7, 11) is 0. The first-order valence-corrected chi connectivity index (χ1v) is 5.74. The Kier molecular flexibility index (Phi) is 3.23. The van der Waals surface area contributed by atoms with Crippen molar-refractivity contribution < 1.29 is 19.4 Å². The molecule has 0 radical (unpaired) electrons. The van der Waals surface area contributed by atoms with E-state index in [0.717, 1.165) is 11.1 Å². The van der Waals surface area contributed by atoms with Crippen molar-refractivity contribution in [3.63, 3.8) is 0 Å². The van der Waals surface area contributed by atoms with Crippen LogP contribution in [0.4, 0.5) is 10.5 Å². The standard InChI is InChI=1S/C13H15NO4/c1-8-3-4-11(9(2)5-8)14-10(6-12(15)16)7-18-13(14)17/h3-5,10H,6-7H2,1-2H3,(H,15,16). The minimum atomic E-state index is -0.937. The second-order valence-electron chi connectivity index (χ2n) is 4.49. The second-order valence-corrected chi connectivity index (χ2v) is 4.49. The molecule has 1 atom stereocenters. The maximum atomic E-state index is 11.7. The maximum absolute atomic E-state index is 11.7. The van der Waals surface area contributed by atoms with Crippen molar-refractivity contribution in [1.82, 2.24) is 0 Å². The monoisotopic (exact) mass is 249 g/mol. The number of anilines is 1. The zero-order chi connectivity index (χ0) is 13.3. The van der Waals surface area contributed by atoms with Crippen molar-refractivity contribution >= 4 is 17.7 Å². The number of carboxylic acids is 1. The van der Waals surface area contributed by atoms with Crippen molar-refractivity contribution in [2.45, 2.75) is 26.3 Å². The third-order valence-electron chi connectivity index (χ3n) is 2.98. The molecule has 1 aliphatic rings. The van der Waals surface area contributed by atoms with Gasteiger partial charge in [0.15, 0.2) is 0 Å². The van der Waals surface area contributed by atoms with Crippen molar-refractivity contribution in [1.29, 1.82) is 0 Å². The number of rotatable bonds is 3. The number of nitrogens with zero attached hydrogens (tertiary/aromatic N) is 1. The van der Waals surface area contributed by atoms with Crippen molar-refractivity contribution in [3.8, 4) is 0 Å². The van der Waals surface area contributed by atoms with Crippen LogP contribution in [0.1, 0.15) is 17.5 Å². The number of hydrogen-bond donors (Lipinski definition) is 1. The predicted octanol–water partition coefficient (Wildman–Crippen LogP) is 2.10. The summed E-state index contributed by atoms with van der Waals surface area (Å²) in [5.41, 5.74) is 2.75. The van der Waals surface area contributed by atoms with Crippen LogP contribution >= 0.6 is 0 Å². The van der Waals surface area contributed by atoms with E-state index < -0.39 is 18.1 Å². The lowest BCUT2D eigenvalue weighted by Gasteiger charge is -2.22. The summed E-state index contributed by atoms with van der Waals surface area (Å²) in [4.78, 5) is 23.9. The summed E-state index contributed by atoms with van der Waals surface area (Å²) in [6.07, 6.45) is -0.591. The quantitative estimate of drug-likeness (QED) is 0.890. The average molecular weight is 249 g/mol. The van der Waals surface area contributed by atoms with E-state index in [1.54, 1.807) is 0 Å². The highest BCUT2D eigenvalue weighted by molar-refractivity contribution is 5.92. The molecular weight excluding hydrogens is 234 g/mol. The number of ether oxygens (including phenoxy) is 1. The third kappa shape index (κ3) is 2.30. The van der Waals surface area contributed by atoms with Crippen molar-refractivity contribution in [2.75, 3.05) is 11.5 Å². The summed E-state index contributed by atoms with van der Waals surface area (Å²) >= 11 is 0. The van der Waals surface area contributed by atoms with Crippen LogP contribution in [0.3, 0.4) is 0 Å². The Balaban J connectivity index is 2.33. The van der Waals surface area contributed by atoms with Gasteiger partial charge in [-0.05, 0) is 25.5 Å². The Bertz CT molecular complexity index is 498. The number of carbonyl (C=O) groups is 2. The van der Waals surface area contributed by atoms with Crippen LogP contribution in [0.5, 0.6) is 0 Å². The molecule has 1 unspecified atom stereocenters. The lowest BCUT2D eigenvalue weighted by molar-refractivity contribution is -0.137. The molecule has 96 valence electrons. The van der Waals surface area contributed by atoms with Crippen LogP contribution in [0.2, 0.25) is 0 Å². The fourth-order valence-electron chi connectivity index (χ4n) is 2.18. The number of benzene rings is 1. The highest BCUT2D eigenvalue weighted by Crippen LogP contribution is 2.28. The Morgan fingerprint density at radius 3 is 2.83 bits per heavy atom. The van der Waals surface area contributed by atoms with Crippen LogP contribution in [0.15, 0.2) is 18.2 Å². The molecule has 0 spiro atoms. The van der Waals surface area contributed by atoms with Gasteiger partial charge in [0.25, 0.3) is 0 Å². The summed E-state index contributed by atoms with van der Waals surface area (Å²) < 4.78 is 4.94. The summed E-state index contributed by atoms with van der Waals surface area (Å²) in [5, 5.41) is 8.84. The fourth-order valence-corrected chi connectivity index (χ4v) is 2.18. The van der Waals surface area contributed by atoms with Gasteiger partial charge in [0, 0.05) is 0 Å². The average Bonchev–Trinajstić information content (AvgIpc) is 2.60. The maximum Gasteiger partial charge on any atom is 0.414 e. The van der Waals surface area contributed by atoms with E-state index >= 15 is 0 Å². The molecule has 0 aromatic heterocycles. The second kappa shape index (κ2) is 4.68. The number of hydrogen-bond acceptors (Lipinski definition) is 3. The first-order chi connectivity index (χ1) is 8.49. The molecule has 1 fully saturated rings. The molecule has 0 aliphatic carbocycles. The highest BCUT2D eigenvalue weighted by Gasteiger charge is 2.36. The van der Waals surface area contributed by atoms with E-state index in [9.17, 15) is 9.59 Å². The van der Waals surface area contributed by atoms with Gasteiger partial charge in [-0.25, -0.2) is 4.79 Å². The van der Waals surface area contributed by atoms with Gasteiger partial charge in [0.2, 0.25) is 0 Å². The first kappa shape index (κ1) is 12.4. The Morgan fingerprint density at radius 1 is 1.50 bits per heavy atom. The first-order valence-electron chi connectivity index (χ1n) is 5.74. The molecule has 18 heavy (non-hydrogen) atoms. The van der Waals surface area contributed by atoms with E-state index in [1.807, 2.05) is 32.0 Å². The molecule has 1 saturated heterocycles. The lowest BCUT2D eigenvalue weighted by Crippen LogP contribution is -2.35. The number of aliphatic carboxylic acids is 1. The molecule has 1 heterocycles. The van der Waals surface area contributed by atoms with Gasteiger partial charge >= 0.3 is 12.1 Å². The third-order valence-corrected chi connectivity index (χ3v) is 2.98. The molecule has 5 heteroatoms. The minimum Gasteiger partial charge on any atom is -0.481 e. The fraction of sp³-hybridized carbons (Fsp3) is 0.385. The van der Waals surface area contributed by atoms with E-state index in [0.29, 0.717) is 5.69 Å². The number of carboxylic acid groups (broad SMARTS) is 1. The van der Waals surface area contributed by atoms with Crippen LogP contribution in [0.25, 0.3) is 0 Å². The molecule has 1 aliphatic heterocycles. The van der Waals surface area contributed by atoms with Crippen LogP contribution in [-0.4, -0.2) is 29.8 Å². The Morgan fingerprint density at radius 2 is 2.22 bits per heavy atom. The molecule has 0 bridgehead atoms. The molecule has 1 aromatic carbocycles. The van der Waals surface area contributed by atoms with E-state index in [2.05, 4.69) is 0 Å². The largest absolute Gasteiger partial charge is 0.481 e. The number of amides is 1. The van der Waals surface area contributed by atoms with E-state index in [4.69, 9.17) is 9.84 Å². The van der Waals surface area contributed by atoms with Crippen molar-refractivity contribution in [3.05, 3.63) is 29.3 Å². The van der Waals surface area contributed by atoms with E-state index in [-0.39, 0.29) is 13.0 Å². The number of cyclic esters (lactones) is 1. The lowest BCUT2D eigenvalue weighted by atomic mass is 10.1. The Hall–Kier alpha value is -2.04.